The van der Waals surface area contributed by atoms with E-state index in [-0.39, 0.29) is 12.1 Å². The zero-order chi connectivity index (χ0) is 6.15. The average Bonchev–Trinajstić information content (AvgIpc) is 1.85. The minimum Gasteiger partial charge on any atom is -0.374 e. The third kappa shape index (κ3) is 1.01. The van der Waals surface area contributed by atoms with Crippen molar-refractivity contribution in [3.63, 3.8) is 0 Å². The fourth-order valence-electron chi connectivity index (χ4n) is 1.10. The highest BCUT2D eigenvalue weighted by Gasteiger charge is 2.25. The molecule has 0 aromatic heterocycles. The highest BCUT2D eigenvalue weighted by molar-refractivity contribution is 4.79. The fourth-order valence-corrected chi connectivity index (χ4v) is 1.10. The van der Waals surface area contributed by atoms with Crippen LogP contribution in [0.2, 0.25) is 0 Å². The lowest BCUT2D eigenvalue weighted by molar-refractivity contribution is 0.0637. The van der Waals surface area contributed by atoms with E-state index in [0.717, 1.165) is 6.42 Å². The summed E-state index contributed by atoms with van der Waals surface area (Å²) >= 11 is 0. The summed E-state index contributed by atoms with van der Waals surface area (Å²) in [6, 6.07) is 0.269. The summed E-state index contributed by atoms with van der Waals surface area (Å²) in [6.45, 7) is 4.08. The first-order valence-corrected chi connectivity index (χ1v) is 3.11. The molecule has 1 rings (SSSR count). The van der Waals surface area contributed by atoms with E-state index in [9.17, 15) is 0 Å². The Labute approximate surface area is 50.0 Å². The van der Waals surface area contributed by atoms with Gasteiger partial charge in [0, 0.05) is 6.04 Å². The summed E-state index contributed by atoms with van der Waals surface area (Å²) in [5.74, 6) is 0. The van der Waals surface area contributed by atoms with E-state index < -0.39 is 0 Å². The Morgan fingerprint density at radius 3 is 2.25 bits per heavy atom. The van der Waals surface area contributed by atoms with Gasteiger partial charge in [0.2, 0.25) is 0 Å². The lowest BCUT2D eigenvalue weighted by Gasteiger charge is -2.05. The monoisotopic (exact) mass is 115 g/mol. The van der Waals surface area contributed by atoms with Gasteiger partial charge in [0.1, 0.15) is 0 Å². The van der Waals surface area contributed by atoms with E-state index in [4.69, 9.17) is 10.5 Å². The molecular formula is C6H13NO. The van der Waals surface area contributed by atoms with E-state index in [2.05, 4.69) is 6.92 Å². The van der Waals surface area contributed by atoms with Crippen molar-refractivity contribution >= 4 is 0 Å². The first kappa shape index (κ1) is 6.05. The third-order valence-electron chi connectivity index (χ3n) is 1.65. The summed E-state index contributed by atoms with van der Waals surface area (Å²) in [7, 11) is 0. The van der Waals surface area contributed by atoms with Crippen LogP contribution in [-0.2, 0) is 4.74 Å². The van der Waals surface area contributed by atoms with E-state index in [1.807, 2.05) is 6.92 Å². The van der Waals surface area contributed by atoms with Crippen LogP contribution in [0.15, 0.2) is 0 Å². The van der Waals surface area contributed by atoms with E-state index >= 15 is 0 Å². The third-order valence-corrected chi connectivity index (χ3v) is 1.65. The molecule has 1 aliphatic heterocycles. The van der Waals surface area contributed by atoms with Crippen molar-refractivity contribution in [2.45, 2.75) is 38.5 Å². The van der Waals surface area contributed by atoms with Gasteiger partial charge in [-0.05, 0) is 20.3 Å². The van der Waals surface area contributed by atoms with Crippen molar-refractivity contribution in [1.29, 1.82) is 0 Å². The molecule has 1 fully saturated rings. The molecule has 48 valence electrons. The maximum atomic E-state index is 5.64. The number of hydrogen-bond acceptors (Lipinski definition) is 2. The number of rotatable bonds is 0. The molecule has 2 N–H and O–H groups in total. The van der Waals surface area contributed by atoms with Gasteiger partial charge in [-0.15, -0.1) is 0 Å². The van der Waals surface area contributed by atoms with Gasteiger partial charge < -0.3 is 10.5 Å². The van der Waals surface area contributed by atoms with Crippen LogP contribution in [0.1, 0.15) is 20.3 Å². The number of nitrogens with two attached hydrogens (primary N) is 1. The van der Waals surface area contributed by atoms with Crippen LogP contribution in [0.5, 0.6) is 0 Å². The Hall–Kier alpha value is -0.0800. The summed E-state index contributed by atoms with van der Waals surface area (Å²) < 4.78 is 5.35. The Bertz CT molecular complexity index is 74.6. The molecule has 0 aromatic rings. The van der Waals surface area contributed by atoms with Crippen LogP contribution in [-0.4, -0.2) is 18.2 Å². The molecule has 2 heteroatoms. The molecule has 0 aromatic carbocycles. The Morgan fingerprint density at radius 2 is 2.12 bits per heavy atom. The molecule has 1 aliphatic rings. The van der Waals surface area contributed by atoms with Gasteiger partial charge in [-0.25, -0.2) is 0 Å². The molecule has 0 amide bonds. The minimum absolute atomic E-state index is 0.269. The van der Waals surface area contributed by atoms with Gasteiger partial charge in [-0.2, -0.15) is 0 Å². The van der Waals surface area contributed by atoms with Crippen LogP contribution in [0, 0.1) is 0 Å². The average molecular weight is 115 g/mol. The van der Waals surface area contributed by atoms with E-state index in [1.165, 1.54) is 0 Å². The molecule has 1 saturated heterocycles. The Morgan fingerprint density at radius 1 is 1.50 bits per heavy atom. The van der Waals surface area contributed by atoms with E-state index in [0.29, 0.717) is 6.10 Å². The molecule has 1 heterocycles. The molecule has 0 bridgehead atoms. The van der Waals surface area contributed by atoms with Crippen molar-refractivity contribution in [1.82, 2.24) is 0 Å². The molecule has 8 heavy (non-hydrogen) atoms. The summed E-state index contributed by atoms with van der Waals surface area (Å²) in [4.78, 5) is 0. The normalized spacial score (nSPS) is 47.6. The largest absolute Gasteiger partial charge is 0.374 e. The smallest absolute Gasteiger partial charge is 0.0702 e. The maximum Gasteiger partial charge on any atom is 0.0702 e. The fraction of sp³-hybridized carbons (Fsp3) is 1.00. The predicted octanol–water partition coefficient (Wildman–Crippen LogP) is 0.511. The van der Waals surface area contributed by atoms with Gasteiger partial charge >= 0.3 is 0 Å². The standard InChI is InChI=1S/C6H13NO/c1-4-3-6(7)5(2)8-4/h4-6H,3,7H2,1-2H3/t4-,5-,6-/m1/s1. The van der Waals surface area contributed by atoms with Crippen molar-refractivity contribution in [3.8, 4) is 0 Å². The lowest BCUT2D eigenvalue weighted by Crippen LogP contribution is -2.26. The molecule has 0 saturated carbocycles. The zero-order valence-electron chi connectivity index (χ0n) is 5.42. The topological polar surface area (TPSA) is 35.2 Å². The molecule has 2 nitrogen and oxygen atoms in total. The van der Waals surface area contributed by atoms with Crippen molar-refractivity contribution in [2.24, 2.45) is 5.73 Å². The number of ether oxygens (including phenoxy) is 1. The quantitative estimate of drug-likeness (QED) is 0.499. The van der Waals surface area contributed by atoms with Crippen LogP contribution in [0.3, 0.4) is 0 Å². The van der Waals surface area contributed by atoms with Gasteiger partial charge in [0.15, 0.2) is 0 Å². The Kier molecular flexibility index (Phi) is 1.54. The van der Waals surface area contributed by atoms with Gasteiger partial charge in [0.05, 0.1) is 12.2 Å². The van der Waals surface area contributed by atoms with Gasteiger partial charge in [-0.3, -0.25) is 0 Å². The minimum atomic E-state index is 0.269. The summed E-state index contributed by atoms with van der Waals surface area (Å²) in [5, 5.41) is 0. The Balaban J connectivity index is 2.39. The molecule has 0 unspecified atom stereocenters. The molecule has 0 radical (unpaired) electrons. The highest BCUT2D eigenvalue weighted by Crippen LogP contribution is 2.16. The SMILES string of the molecule is C[C@@H]1C[C@@H](N)[C@@H](C)O1. The van der Waals surface area contributed by atoms with Crippen LogP contribution in [0.25, 0.3) is 0 Å². The summed E-state index contributed by atoms with van der Waals surface area (Å²) in [5.41, 5.74) is 5.64. The lowest BCUT2D eigenvalue weighted by atomic mass is 10.1. The number of hydrogen-bond donors (Lipinski definition) is 1. The molecule has 3 atom stereocenters. The van der Waals surface area contributed by atoms with Crippen molar-refractivity contribution in [2.75, 3.05) is 0 Å². The molecule has 0 spiro atoms. The van der Waals surface area contributed by atoms with Gasteiger partial charge in [0.25, 0.3) is 0 Å². The van der Waals surface area contributed by atoms with Crippen molar-refractivity contribution in [3.05, 3.63) is 0 Å². The molecular weight excluding hydrogens is 102 g/mol. The first-order valence-electron chi connectivity index (χ1n) is 3.11. The summed E-state index contributed by atoms with van der Waals surface area (Å²) in [6.07, 6.45) is 1.66. The second-order valence-corrected chi connectivity index (χ2v) is 2.55. The zero-order valence-corrected chi connectivity index (χ0v) is 5.42. The predicted molar refractivity (Wildman–Crippen MR) is 32.6 cm³/mol. The molecule has 0 aliphatic carbocycles. The first-order chi connectivity index (χ1) is 3.70. The van der Waals surface area contributed by atoms with E-state index in [1.54, 1.807) is 0 Å². The maximum absolute atomic E-state index is 5.64. The van der Waals surface area contributed by atoms with Crippen LogP contribution in [0.4, 0.5) is 0 Å². The van der Waals surface area contributed by atoms with Gasteiger partial charge in [-0.1, -0.05) is 0 Å². The second kappa shape index (κ2) is 2.03. The van der Waals surface area contributed by atoms with Crippen molar-refractivity contribution < 1.29 is 4.74 Å². The second-order valence-electron chi connectivity index (χ2n) is 2.55. The van der Waals surface area contributed by atoms with Crippen LogP contribution < -0.4 is 5.73 Å². The highest BCUT2D eigenvalue weighted by atomic mass is 16.5. The van der Waals surface area contributed by atoms with Crippen LogP contribution >= 0.6 is 0 Å².